The van der Waals surface area contributed by atoms with Crippen molar-refractivity contribution in [2.75, 3.05) is 33.4 Å². The van der Waals surface area contributed by atoms with Crippen molar-refractivity contribution in [1.29, 1.82) is 0 Å². The Morgan fingerprint density at radius 2 is 2.05 bits per heavy atom. The van der Waals surface area contributed by atoms with E-state index in [1.54, 1.807) is 25.2 Å². The molecule has 0 spiro atoms. The first-order chi connectivity index (χ1) is 9.05. The number of halogens is 1. The van der Waals surface area contributed by atoms with Crippen molar-refractivity contribution in [1.82, 2.24) is 9.62 Å². The molecule has 1 N–H and O–H groups in total. The molecule has 5 nitrogen and oxygen atoms in total. The zero-order valence-electron chi connectivity index (χ0n) is 10.7. The predicted octanol–water partition coefficient (Wildman–Crippen LogP) is 1.08. The van der Waals surface area contributed by atoms with Gasteiger partial charge >= 0.3 is 0 Å². The summed E-state index contributed by atoms with van der Waals surface area (Å²) in [4.78, 5) is 0.282. The van der Waals surface area contributed by atoms with Gasteiger partial charge in [0.2, 0.25) is 10.0 Å². The van der Waals surface area contributed by atoms with Gasteiger partial charge in [-0.2, -0.15) is 4.31 Å². The summed E-state index contributed by atoms with van der Waals surface area (Å²) >= 11 is 6.04. The van der Waals surface area contributed by atoms with Gasteiger partial charge in [-0.3, -0.25) is 0 Å². The Kier molecular flexibility index (Phi) is 4.81. The molecule has 106 valence electrons. The average Bonchev–Trinajstić information content (AvgIpc) is 2.42. The SMILES string of the molecule is CNCc1cc(S(=O)(=O)N2CCOCC2)ccc1Cl. The van der Waals surface area contributed by atoms with E-state index >= 15 is 0 Å². The van der Waals surface area contributed by atoms with E-state index in [1.165, 1.54) is 4.31 Å². The summed E-state index contributed by atoms with van der Waals surface area (Å²) in [6.45, 7) is 2.20. The Morgan fingerprint density at radius 3 is 2.68 bits per heavy atom. The third-order valence-electron chi connectivity index (χ3n) is 2.99. The Hall–Kier alpha value is -0.660. The fraction of sp³-hybridized carbons (Fsp3) is 0.500. The second-order valence-corrected chi connectivity index (χ2v) is 6.65. The van der Waals surface area contributed by atoms with Gasteiger partial charge in [0.25, 0.3) is 0 Å². The highest BCUT2D eigenvalue weighted by Crippen LogP contribution is 2.23. The number of sulfonamides is 1. The fourth-order valence-corrected chi connectivity index (χ4v) is 3.62. The standard InChI is InChI=1S/C12H17ClN2O3S/c1-14-9-10-8-11(2-3-12(10)13)19(16,17)15-4-6-18-7-5-15/h2-3,8,14H,4-7,9H2,1H3. The molecule has 0 aliphatic carbocycles. The van der Waals surface area contributed by atoms with Crippen LogP contribution in [0.2, 0.25) is 5.02 Å². The van der Waals surface area contributed by atoms with E-state index in [1.807, 2.05) is 0 Å². The van der Waals surface area contributed by atoms with Crippen molar-refractivity contribution in [2.45, 2.75) is 11.4 Å². The van der Waals surface area contributed by atoms with Crippen LogP contribution in [0.25, 0.3) is 0 Å². The molecule has 2 rings (SSSR count). The van der Waals surface area contributed by atoms with E-state index in [0.717, 1.165) is 5.56 Å². The van der Waals surface area contributed by atoms with Gasteiger partial charge in [-0.15, -0.1) is 0 Å². The predicted molar refractivity (Wildman–Crippen MR) is 73.8 cm³/mol. The highest BCUT2D eigenvalue weighted by molar-refractivity contribution is 7.89. The molecule has 0 unspecified atom stereocenters. The Morgan fingerprint density at radius 1 is 1.37 bits per heavy atom. The van der Waals surface area contributed by atoms with Crippen molar-refractivity contribution in [3.05, 3.63) is 28.8 Å². The summed E-state index contributed by atoms with van der Waals surface area (Å²) in [6.07, 6.45) is 0. The third-order valence-corrected chi connectivity index (χ3v) is 5.26. The summed E-state index contributed by atoms with van der Waals surface area (Å²) in [6, 6.07) is 4.80. The second-order valence-electron chi connectivity index (χ2n) is 4.30. The lowest BCUT2D eigenvalue weighted by atomic mass is 10.2. The van der Waals surface area contributed by atoms with Gasteiger partial charge in [0, 0.05) is 24.7 Å². The summed E-state index contributed by atoms with van der Waals surface area (Å²) in [5.41, 5.74) is 0.776. The lowest BCUT2D eigenvalue weighted by Gasteiger charge is -2.26. The number of rotatable bonds is 4. The average molecular weight is 305 g/mol. The molecule has 7 heteroatoms. The molecular weight excluding hydrogens is 288 g/mol. The van der Waals surface area contributed by atoms with Crippen molar-refractivity contribution in [3.8, 4) is 0 Å². The van der Waals surface area contributed by atoms with E-state index in [4.69, 9.17) is 16.3 Å². The molecule has 0 radical (unpaired) electrons. The normalized spacial score (nSPS) is 17.6. The van der Waals surface area contributed by atoms with Gasteiger partial charge in [0.05, 0.1) is 18.1 Å². The minimum absolute atomic E-state index is 0.282. The van der Waals surface area contributed by atoms with Gasteiger partial charge in [0.1, 0.15) is 0 Å². The summed E-state index contributed by atoms with van der Waals surface area (Å²) < 4.78 is 31.5. The van der Waals surface area contributed by atoms with Crippen molar-refractivity contribution >= 4 is 21.6 Å². The Labute approximate surface area is 118 Å². The van der Waals surface area contributed by atoms with E-state index < -0.39 is 10.0 Å². The van der Waals surface area contributed by atoms with Crippen molar-refractivity contribution in [3.63, 3.8) is 0 Å². The molecule has 1 aromatic rings. The smallest absolute Gasteiger partial charge is 0.243 e. The molecule has 0 atom stereocenters. The van der Waals surface area contributed by atoms with Crippen LogP contribution in [0.1, 0.15) is 5.56 Å². The molecule has 1 aromatic carbocycles. The molecule has 1 aliphatic rings. The van der Waals surface area contributed by atoms with E-state index in [-0.39, 0.29) is 4.90 Å². The number of hydrogen-bond donors (Lipinski definition) is 1. The maximum absolute atomic E-state index is 12.5. The number of nitrogens with zero attached hydrogens (tertiary/aromatic N) is 1. The van der Waals surface area contributed by atoms with Crippen LogP contribution in [0.4, 0.5) is 0 Å². The van der Waals surface area contributed by atoms with E-state index in [2.05, 4.69) is 5.32 Å². The number of hydrogen-bond acceptors (Lipinski definition) is 4. The fourth-order valence-electron chi connectivity index (χ4n) is 1.97. The zero-order chi connectivity index (χ0) is 13.9. The maximum Gasteiger partial charge on any atom is 0.243 e. The van der Waals surface area contributed by atoms with Crippen LogP contribution in [0.5, 0.6) is 0 Å². The molecule has 1 aliphatic heterocycles. The van der Waals surface area contributed by atoms with E-state index in [0.29, 0.717) is 37.9 Å². The van der Waals surface area contributed by atoms with E-state index in [9.17, 15) is 8.42 Å². The van der Waals surface area contributed by atoms with Gasteiger partial charge in [0.15, 0.2) is 0 Å². The highest BCUT2D eigenvalue weighted by atomic mass is 35.5. The van der Waals surface area contributed by atoms with Crippen LogP contribution in [0.3, 0.4) is 0 Å². The largest absolute Gasteiger partial charge is 0.379 e. The van der Waals surface area contributed by atoms with Crippen LogP contribution < -0.4 is 5.32 Å². The maximum atomic E-state index is 12.5. The topological polar surface area (TPSA) is 58.6 Å². The molecule has 1 fully saturated rings. The van der Waals surface area contributed by atoms with Gasteiger partial charge < -0.3 is 10.1 Å². The Bertz CT molecular complexity index is 542. The molecule has 0 amide bonds. The van der Waals surface area contributed by atoms with Gasteiger partial charge in [-0.25, -0.2) is 8.42 Å². The zero-order valence-corrected chi connectivity index (χ0v) is 12.3. The summed E-state index contributed by atoms with van der Waals surface area (Å²) in [5, 5.41) is 3.54. The van der Waals surface area contributed by atoms with Crippen LogP contribution >= 0.6 is 11.6 Å². The van der Waals surface area contributed by atoms with Crippen LogP contribution in [-0.4, -0.2) is 46.1 Å². The minimum Gasteiger partial charge on any atom is -0.379 e. The molecule has 1 saturated heterocycles. The monoisotopic (exact) mass is 304 g/mol. The molecule has 0 aromatic heterocycles. The molecule has 1 heterocycles. The van der Waals surface area contributed by atoms with Crippen LogP contribution in [0.15, 0.2) is 23.1 Å². The van der Waals surface area contributed by atoms with Gasteiger partial charge in [-0.1, -0.05) is 11.6 Å². The molecular formula is C12H17ClN2O3S. The Balaban J connectivity index is 2.31. The second kappa shape index (κ2) is 6.19. The summed E-state index contributed by atoms with van der Waals surface area (Å²) in [5.74, 6) is 0. The molecule has 0 saturated carbocycles. The number of nitrogens with one attached hydrogen (secondary N) is 1. The quantitative estimate of drug-likeness (QED) is 0.904. The first kappa shape index (κ1) is 14.7. The number of morpholine rings is 1. The van der Waals surface area contributed by atoms with Crippen LogP contribution in [0, 0.1) is 0 Å². The number of ether oxygens (including phenoxy) is 1. The first-order valence-electron chi connectivity index (χ1n) is 6.06. The lowest BCUT2D eigenvalue weighted by Crippen LogP contribution is -2.40. The first-order valence-corrected chi connectivity index (χ1v) is 7.88. The third kappa shape index (κ3) is 3.27. The highest BCUT2D eigenvalue weighted by Gasteiger charge is 2.26. The van der Waals surface area contributed by atoms with Gasteiger partial charge in [-0.05, 0) is 30.8 Å². The van der Waals surface area contributed by atoms with Crippen molar-refractivity contribution in [2.24, 2.45) is 0 Å². The van der Waals surface area contributed by atoms with Crippen LogP contribution in [-0.2, 0) is 21.3 Å². The molecule has 0 bridgehead atoms. The lowest BCUT2D eigenvalue weighted by molar-refractivity contribution is 0.0730. The molecule has 19 heavy (non-hydrogen) atoms. The number of benzene rings is 1. The summed E-state index contributed by atoms with van der Waals surface area (Å²) in [7, 11) is -1.66. The minimum atomic E-state index is -3.45. The van der Waals surface area contributed by atoms with Crippen molar-refractivity contribution < 1.29 is 13.2 Å².